The van der Waals surface area contributed by atoms with Crippen molar-refractivity contribution in [3.8, 4) is 0 Å². The van der Waals surface area contributed by atoms with Crippen molar-refractivity contribution in [2.24, 2.45) is 5.92 Å². The van der Waals surface area contributed by atoms with E-state index in [0.29, 0.717) is 37.7 Å². The number of para-hydroxylation sites is 1. The summed E-state index contributed by atoms with van der Waals surface area (Å²) in [5.41, 5.74) is 0.308. The molecular weight excluding hydrogens is 411 g/mol. The third kappa shape index (κ3) is 4.34. The Morgan fingerprint density at radius 1 is 1.27 bits per heavy atom. The molecule has 4 rings (SSSR count). The van der Waals surface area contributed by atoms with Crippen LogP contribution in [0.5, 0.6) is 0 Å². The van der Waals surface area contributed by atoms with Crippen molar-refractivity contribution in [2.45, 2.75) is 31.7 Å². The summed E-state index contributed by atoms with van der Waals surface area (Å²) >= 11 is 6.31. The lowest BCUT2D eigenvalue weighted by Crippen LogP contribution is -2.42. The number of carbonyl (C=O) groups is 1. The zero-order valence-corrected chi connectivity index (χ0v) is 17.3. The molecule has 30 heavy (non-hydrogen) atoms. The van der Waals surface area contributed by atoms with Crippen molar-refractivity contribution in [3.05, 3.63) is 51.7 Å². The van der Waals surface area contributed by atoms with Gasteiger partial charge in [0.15, 0.2) is 0 Å². The van der Waals surface area contributed by atoms with Crippen LogP contribution in [0.3, 0.4) is 0 Å². The molecule has 160 valence electrons. The Morgan fingerprint density at radius 3 is 2.83 bits per heavy atom. The van der Waals surface area contributed by atoms with E-state index in [1.807, 2.05) is 0 Å². The molecule has 0 spiro atoms. The highest BCUT2D eigenvalue weighted by Gasteiger charge is 2.31. The van der Waals surface area contributed by atoms with Gasteiger partial charge < -0.3 is 15.0 Å². The highest BCUT2D eigenvalue weighted by Crippen LogP contribution is 2.29. The van der Waals surface area contributed by atoms with E-state index in [1.54, 1.807) is 18.2 Å². The second kappa shape index (κ2) is 9.14. The molecule has 2 aliphatic rings. The van der Waals surface area contributed by atoms with Gasteiger partial charge in [-0.1, -0.05) is 23.7 Å². The van der Waals surface area contributed by atoms with Crippen LogP contribution in [-0.4, -0.2) is 42.0 Å². The van der Waals surface area contributed by atoms with E-state index < -0.39 is 17.4 Å². The maximum atomic E-state index is 14.0. The van der Waals surface area contributed by atoms with Crippen LogP contribution in [0, 0.1) is 11.7 Å². The van der Waals surface area contributed by atoms with E-state index in [1.165, 1.54) is 21.8 Å². The van der Waals surface area contributed by atoms with Crippen LogP contribution < -0.4 is 15.8 Å². The van der Waals surface area contributed by atoms with Gasteiger partial charge in [-0.3, -0.25) is 9.59 Å². The predicted molar refractivity (Wildman–Crippen MR) is 113 cm³/mol. The van der Waals surface area contributed by atoms with Crippen molar-refractivity contribution >= 4 is 28.9 Å². The molecule has 2 aromatic rings. The van der Waals surface area contributed by atoms with Gasteiger partial charge in [0.25, 0.3) is 5.56 Å². The fraction of sp³-hybridized carbons (Fsp3) is 0.476. The van der Waals surface area contributed by atoms with Crippen LogP contribution in [0.15, 0.2) is 35.3 Å². The largest absolute Gasteiger partial charge is 0.382 e. The van der Waals surface area contributed by atoms with Crippen molar-refractivity contribution < 1.29 is 13.9 Å². The summed E-state index contributed by atoms with van der Waals surface area (Å²) in [6.07, 6.45) is 4.16. The summed E-state index contributed by atoms with van der Waals surface area (Å²) < 4.78 is 20.8. The molecule has 1 aromatic carbocycles. The molecule has 0 bridgehead atoms. The molecule has 9 heteroatoms. The fourth-order valence-electron chi connectivity index (χ4n) is 4.00. The summed E-state index contributed by atoms with van der Waals surface area (Å²) in [5.74, 6) is -0.320. The zero-order chi connectivity index (χ0) is 21.1. The lowest BCUT2D eigenvalue weighted by Gasteiger charge is -2.32. The summed E-state index contributed by atoms with van der Waals surface area (Å²) in [6, 6.07) is 5.76. The van der Waals surface area contributed by atoms with Gasteiger partial charge >= 0.3 is 0 Å². The molecule has 2 saturated heterocycles. The number of hydrogen-bond donors (Lipinski definition) is 1. The number of halogens is 2. The number of ether oxygens (including phenoxy) is 1. The second-order valence-corrected chi connectivity index (χ2v) is 8.11. The van der Waals surface area contributed by atoms with Crippen molar-refractivity contribution in [2.75, 3.05) is 36.5 Å². The minimum Gasteiger partial charge on any atom is -0.382 e. The predicted octanol–water partition coefficient (Wildman–Crippen LogP) is 3.24. The number of piperidine rings is 1. The smallest absolute Gasteiger partial charge is 0.287 e. The van der Waals surface area contributed by atoms with Gasteiger partial charge in [-0.05, 0) is 37.3 Å². The van der Waals surface area contributed by atoms with Crippen LogP contribution in [-0.2, 0) is 9.53 Å². The first-order valence-corrected chi connectivity index (χ1v) is 10.6. The van der Waals surface area contributed by atoms with Gasteiger partial charge in [0.05, 0.1) is 30.2 Å². The van der Waals surface area contributed by atoms with E-state index in [0.717, 1.165) is 19.4 Å². The normalized spacial score (nSPS) is 22.2. The van der Waals surface area contributed by atoms with E-state index in [-0.39, 0.29) is 23.0 Å². The summed E-state index contributed by atoms with van der Waals surface area (Å²) in [5, 5.41) is 7.51. The van der Waals surface area contributed by atoms with Crippen LogP contribution in [0.2, 0.25) is 5.02 Å². The van der Waals surface area contributed by atoms with Gasteiger partial charge in [-0.25, -0.2) is 9.07 Å². The molecule has 2 atom stereocenters. The van der Waals surface area contributed by atoms with Gasteiger partial charge in [0, 0.05) is 26.1 Å². The molecule has 1 N–H and O–H groups in total. The van der Waals surface area contributed by atoms with Crippen LogP contribution in [0.1, 0.15) is 31.7 Å². The first-order chi connectivity index (χ1) is 14.5. The first kappa shape index (κ1) is 20.8. The molecule has 2 aliphatic heterocycles. The Balaban J connectivity index is 1.44. The van der Waals surface area contributed by atoms with Crippen molar-refractivity contribution in [3.63, 3.8) is 0 Å². The maximum Gasteiger partial charge on any atom is 0.287 e. The Kier molecular flexibility index (Phi) is 6.34. The van der Waals surface area contributed by atoms with Crippen LogP contribution >= 0.6 is 11.6 Å². The maximum absolute atomic E-state index is 14.0. The number of nitrogens with zero attached hydrogens (tertiary/aromatic N) is 3. The number of carbonyl (C=O) groups excluding carboxylic acids is 1. The molecule has 0 saturated carbocycles. The lowest BCUT2D eigenvalue weighted by molar-refractivity contribution is -0.120. The molecule has 1 amide bonds. The Labute approximate surface area is 178 Å². The average Bonchev–Trinajstić information content (AvgIpc) is 2.76. The fourth-order valence-corrected chi connectivity index (χ4v) is 4.20. The number of benzene rings is 1. The highest BCUT2D eigenvalue weighted by molar-refractivity contribution is 6.32. The molecule has 1 aromatic heterocycles. The molecule has 0 aliphatic carbocycles. The second-order valence-electron chi connectivity index (χ2n) is 7.73. The Morgan fingerprint density at radius 2 is 2.10 bits per heavy atom. The Hall–Kier alpha value is -2.45. The number of anilines is 2. The minimum absolute atomic E-state index is 0.0593. The molecular formula is C21H24ClFN4O3. The average molecular weight is 435 g/mol. The lowest BCUT2D eigenvalue weighted by atomic mass is 10.0. The van der Waals surface area contributed by atoms with E-state index in [9.17, 15) is 14.0 Å². The molecule has 0 radical (unpaired) electrons. The van der Waals surface area contributed by atoms with Gasteiger partial charge in [0.1, 0.15) is 10.8 Å². The van der Waals surface area contributed by atoms with Gasteiger partial charge in [0.2, 0.25) is 5.91 Å². The number of nitrogens with one attached hydrogen (secondary N) is 1. The van der Waals surface area contributed by atoms with E-state index in [2.05, 4.69) is 10.4 Å². The summed E-state index contributed by atoms with van der Waals surface area (Å²) in [4.78, 5) is 26.8. The third-order valence-electron chi connectivity index (χ3n) is 5.67. The standard InChI is InChI=1S/C21H24ClFN4O3/c22-20-17(24-11-14-4-3-9-30-13-14)12-25-27(21(20)29)15-7-8-26(19(28)10-15)18-6-2-1-5-16(18)23/h1-2,5-6,12,14-15,24H,3-4,7-11,13H2/t14-,15-/m1/s1. The minimum atomic E-state index is -0.443. The van der Waals surface area contributed by atoms with Gasteiger partial charge in [-0.2, -0.15) is 5.10 Å². The summed E-state index contributed by atoms with van der Waals surface area (Å²) in [6.45, 7) is 2.45. The third-order valence-corrected chi connectivity index (χ3v) is 6.03. The number of aromatic nitrogens is 2. The van der Waals surface area contributed by atoms with Crippen molar-refractivity contribution in [1.29, 1.82) is 0 Å². The topological polar surface area (TPSA) is 76.5 Å². The van der Waals surface area contributed by atoms with E-state index >= 15 is 0 Å². The molecule has 3 heterocycles. The van der Waals surface area contributed by atoms with Crippen LogP contribution in [0.25, 0.3) is 0 Å². The van der Waals surface area contributed by atoms with Gasteiger partial charge in [-0.15, -0.1) is 0 Å². The number of amides is 1. The molecule has 0 unspecified atom stereocenters. The SMILES string of the molecule is O=C1C[C@H](n2ncc(NC[C@H]3CCCOC3)c(Cl)c2=O)CCN1c1ccccc1F. The molecule has 2 fully saturated rings. The number of hydrogen-bond acceptors (Lipinski definition) is 5. The summed E-state index contributed by atoms with van der Waals surface area (Å²) in [7, 11) is 0. The highest BCUT2D eigenvalue weighted by atomic mass is 35.5. The van der Waals surface area contributed by atoms with Crippen molar-refractivity contribution in [1.82, 2.24) is 9.78 Å². The monoisotopic (exact) mass is 434 g/mol. The molecule has 7 nitrogen and oxygen atoms in total. The zero-order valence-electron chi connectivity index (χ0n) is 16.5. The first-order valence-electron chi connectivity index (χ1n) is 10.2. The van der Waals surface area contributed by atoms with Crippen LogP contribution in [0.4, 0.5) is 15.8 Å². The quantitative estimate of drug-likeness (QED) is 0.781. The van der Waals surface area contributed by atoms with E-state index in [4.69, 9.17) is 16.3 Å². The Bertz CT molecular complexity index is 977. The number of rotatable bonds is 5.